The van der Waals surface area contributed by atoms with Crippen LogP contribution in [0.3, 0.4) is 0 Å². The van der Waals surface area contributed by atoms with Gasteiger partial charge in [0.15, 0.2) is 5.13 Å². The quantitative estimate of drug-likeness (QED) is 0.895. The fraction of sp³-hybridized carbons (Fsp3) is 0.333. The average molecular weight is 302 g/mol. The molecule has 0 radical (unpaired) electrons. The minimum absolute atomic E-state index is 0.0548. The van der Waals surface area contributed by atoms with Gasteiger partial charge < -0.3 is 16.0 Å². The topological polar surface area (TPSA) is 71.2 Å². The van der Waals surface area contributed by atoms with Crippen LogP contribution >= 0.6 is 11.3 Å². The molecule has 6 heteroatoms. The Hall–Kier alpha value is -2.08. The third kappa shape index (κ3) is 2.58. The number of carbonyl (C=O) groups excluding carboxylic acids is 1. The van der Waals surface area contributed by atoms with Crippen LogP contribution in [0.15, 0.2) is 24.3 Å². The van der Waals surface area contributed by atoms with Crippen LogP contribution in [-0.2, 0) is 6.42 Å². The second-order valence-corrected chi connectivity index (χ2v) is 6.03. The van der Waals surface area contributed by atoms with E-state index in [4.69, 9.17) is 5.73 Å². The number of rotatable bonds is 2. The van der Waals surface area contributed by atoms with Crippen molar-refractivity contribution in [1.82, 2.24) is 4.98 Å². The smallest absolute Gasteiger partial charge is 0.272 e. The highest BCUT2D eigenvalue weighted by molar-refractivity contribution is 7.18. The number of para-hydroxylation sites is 1. The van der Waals surface area contributed by atoms with Gasteiger partial charge in [-0.25, -0.2) is 4.98 Å². The molecule has 1 aliphatic heterocycles. The second kappa shape index (κ2) is 5.73. The molecule has 1 amide bonds. The molecule has 1 aromatic carbocycles. The number of aryl methyl sites for hydroxylation is 1. The van der Waals surface area contributed by atoms with Gasteiger partial charge in [0.25, 0.3) is 5.91 Å². The number of fused-ring (bicyclic) bond motifs is 1. The number of hydrogen-bond donors (Lipinski definition) is 2. The predicted octanol–water partition coefficient (Wildman–Crippen LogP) is 2.75. The van der Waals surface area contributed by atoms with Gasteiger partial charge in [0.2, 0.25) is 0 Å². The summed E-state index contributed by atoms with van der Waals surface area (Å²) in [6.07, 6.45) is 3.11. The Bertz CT molecular complexity index is 667. The van der Waals surface area contributed by atoms with Gasteiger partial charge in [0, 0.05) is 19.3 Å². The minimum Gasteiger partial charge on any atom is -0.382 e. The van der Waals surface area contributed by atoms with Crippen LogP contribution in [0.5, 0.6) is 0 Å². The van der Waals surface area contributed by atoms with Gasteiger partial charge in [0.1, 0.15) is 10.7 Å². The molecule has 2 heterocycles. The van der Waals surface area contributed by atoms with E-state index in [0.29, 0.717) is 15.8 Å². The first-order valence-electron chi connectivity index (χ1n) is 7.04. The summed E-state index contributed by atoms with van der Waals surface area (Å²) in [6, 6.07) is 8.09. The van der Waals surface area contributed by atoms with E-state index in [1.54, 1.807) is 7.05 Å². The Kier molecular flexibility index (Phi) is 3.79. The number of anilines is 3. The summed E-state index contributed by atoms with van der Waals surface area (Å²) in [7, 11) is 1.77. The monoisotopic (exact) mass is 302 g/mol. The predicted molar refractivity (Wildman–Crippen MR) is 87.1 cm³/mol. The summed E-state index contributed by atoms with van der Waals surface area (Å²) in [5.74, 6) is 0.247. The number of nitrogens with two attached hydrogens (primary N) is 1. The molecule has 5 nitrogen and oxygen atoms in total. The van der Waals surface area contributed by atoms with Crippen molar-refractivity contribution in [3.05, 3.63) is 34.7 Å². The summed E-state index contributed by atoms with van der Waals surface area (Å²) in [5.41, 5.74) is 8.12. The van der Waals surface area contributed by atoms with Gasteiger partial charge in [-0.05, 0) is 30.9 Å². The van der Waals surface area contributed by atoms with E-state index in [9.17, 15) is 4.79 Å². The van der Waals surface area contributed by atoms with Crippen LogP contribution < -0.4 is 16.0 Å². The van der Waals surface area contributed by atoms with Crippen molar-refractivity contribution in [2.45, 2.75) is 19.3 Å². The first-order valence-corrected chi connectivity index (χ1v) is 7.86. The van der Waals surface area contributed by atoms with E-state index < -0.39 is 0 Å². The fourth-order valence-electron chi connectivity index (χ4n) is 2.62. The van der Waals surface area contributed by atoms with Crippen molar-refractivity contribution in [3.8, 4) is 0 Å². The molecular formula is C15H18N4OS. The number of nitrogen functional groups attached to an aromatic ring is 1. The number of aromatic nitrogens is 1. The number of nitrogens with zero attached hydrogens (tertiary/aromatic N) is 2. The van der Waals surface area contributed by atoms with Crippen LogP contribution in [-0.4, -0.2) is 24.5 Å². The highest BCUT2D eigenvalue weighted by Crippen LogP contribution is 2.31. The van der Waals surface area contributed by atoms with Crippen molar-refractivity contribution in [2.24, 2.45) is 0 Å². The largest absolute Gasteiger partial charge is 0.382 e. The molecule has 1 aromatic heterocycles. The van der Waals surface area contributed by atoms with E-state index in [0.717, 1.165) is 31.5 Å². The first kappa shape index (κ1) is 13.9. The van der Waals surface area contributed by atoms with Gasteiger partial charge in [0.05, 0.1) is 0 Å². The first-order chi connectivity index (χ1) is 10.2. The van der Waals surface area contributed by atoms with Crippen LogP contribution in [0, 0.1) is 0 Å². The third-order valence-corrected chi connectivity index (χ3v) is 4.74. The number of thiazole rings is 1. The van der Waals surface area contributed by atoms with E-state index in [-0.39, 0.29) is 5.91 Å². The zero-order valence-corrected chi connectivity index (χ0v) is 12.7. The summed E-state index contributed by atoms with van der Waals surface area (Å²) in [6.45, 7) is 0.724. The van der Waals surface area contributed by atoms with Crippen LogP contribution in [0.2, 0.25) is 0 Å². The molecule has 0 unspecified atom stereocenters. The Morgan fingerprint density at radius 1 is 1.38 bits per heavy atom. The Labute approximate surface area is 127 Å². The van der Waals surface area contributed by atoms with Crippen LogP contribution in [0.25, 0.3) is 0 Å². The molecule has 0 bridgehead atoms. The maximum absolute atomic E-state index is 12.9. The normalized spacial score (nSPS) is 14.4. The molecule has 0 aliphatic carbocycles. The second-order valence-electron chi connectivity index (χ2n) is 5.03. The molecule has 0 atom stereocenters. The lowest BCUT2D eigenvalue weighted by atomic mass is 10.1. The molecule has 2 aromatic rings. The van der Waals surface area contributed by atoms with E-state index in [1.165, 1.54) is 16.9 Å². The molecular weight excluding hydrogens is 284 g/mol. The number of amides is 1. The zero-order chi connectivity index (χ0) is 14.8. The standard InChI is InChI=1S/C15H18N4OS/c1-17-15-18-13(16)12(21-15)14(20)19-9-5-4-7-10-6-2-3-8-11(10)19/h2-3,6,8H,4-5,7,9,16H2,1H3,(H,17,18). The lowest BCUT2D eigenvalue weighted by Gasteiger charge is -2.22. The summed E-state index contributed by atoms with van der Waals surface area (Å²) in [4.78, 5) is 19.4. The van der Waals surface area contributed by atoms with E-state index in [2.05, 4.69) is 16.4 Å². The lowest BCUT2D eigenvalue weighted by molar-refractivity contribution is 0.0991. The lowest BCUT2D eigenvalue weighted by Crippen LogP contribution is -2.31. The highest BCUT2D eigenvalue weighted by Gasteiger charge is 2.25. The van der Waals surface area contributed by atoms with Gasteiger partial charge in [-0.3, -0.25) is 4.79 Å². The molecule has 0 spiro atoms. The molecule has 0 fully saturated rings. The highest BCUT2D eigenvalue weighted by atomic mass is 32.1. The van der Waals surface area contributed by atoms with E-state index in [1.807, 2.05) is 23.1 Å². The molecule has 3 rings (SSSR count). The van der Waals surface area contributed by atoms with Crippen molar-refractivity contribution >= 4 is 33.9 Å². The number of hydrogen-bond acceptors (Lipinski definition) is 5. The van der Waals surface area contributed by atoms with Gasteiger partial charge in [-0.1, -0.05) is 29.5 Å². The Morgan fingerprint density at radius 3 is 2.95 bits per heavy atom. The van der Waals surface area contributed by atoms with Gasteiger partial charge in [-0.15, -0.1) is 0 Å². The van der Waals surface area contributed by atoms with Crippen molar-refractivity contribution in [3.63, 3.8) is 0 Å². The fourth-order valence-corrected chi connectivity index (χ4v) is 3.40. The van der Waals surface area contributed by atoms with Crippen molar-refractivity contribution in [2.75, 3.05) is 29.5 Å². The molecule has 0 saturated carbocycles. The van der Waals surface area contributed by atoms with Crippen molar-refractivity contribution in [1.29, 1.82) is 0 Å². The maximum Gasteiger partial charge on any atom is 0.272 e. The van der Waals surface area contributed by atoms with Gasteiger partial charge >= 0.3 is 0 Å². The maximum atomic E-state index is 12.9. The number of nitrogens with one attached hydrogen (secondary N) is 1. The zero-order valence-electron chi connectivity index (χ0n) is 11.9. The Balaban J connectivity index is 1.99. The van der Waals surface area contributed by atoms with Crippen LogP contribution in [0.1, 0.15) is 28.1 Å². The summed E-state index contributed by atoms with van der Waals surface area (Å²) in [5, 5.41) is 3.60. The molecule has 21 heavy (non-hydrogen) atoms. The molecule has 1 aliphatic rings. The molecule has 110 valence electrons. The molecule has 0 saturated heterocycles. The Morgan fingerprint density at radius 2 is 2.19 bits per heavy atom. The average Bonchev–Trinajstić information content (AvgIpc) is 2.75. The molecule has 3 N–H and O–H groups in total. The number of carbonyl (C=O) groups is 1. The summed E-state index contributed by atoms with van der Waals surface area (Å²) >= 11 is 1.30. The number of benzene rings is 1. The van der Waals surface area contributed by atoms with Crippen LogP contribution in [0.4, 0.5) is 16.6 Å². The third-order valence-electron chi connectivity index (χ3n) is 3.67. The van der Waals surface area contributed by atoms with E-state index >= 15 is 0 Å². The summed E-state index contributed by atoms with van der Waals surface area (Å²) < 4.78 is 0. The van der Waals surface area contributed by atoms with Gasteiger partial charge in [-0.2, -0.15) is 0 Å². The SMILES string of the molecule is CNc1nc(N)c(C(=O)N2CCCCc3ccccc32)s1. The minimum atomic E-state index is -0.0548. The van der Waals surface area contributed by atoms with Crippen molar-refractivity contribution < 1.29 is 4.79 Å².